The lowest BCUT2D eigenvalue weighted by Crippen LogP contribution is -1.91. The lowest BCUT2D eigenvalue weighted by molar-refractivity contribution is 0.145. The van der Waals surface area contributed by atoms with E-state index < -0.39 is 6.43 Å². The van der Waals surface area contributed by atoms with Crippen molar-refractivity contribution >= 4 is 5.82 Å². The van der Waals surface area contributed by atoms with Crippen molar-refractivity contribution in [2.24, 2.45) is 7.05 Å². The molecule has 0 aromatic carbocycles. The summed E-state index contributed by atoms with van der Waals surface area (Å²) in [5.41, 5.74) is 5.20. The monoisotopic (exact) mass is 214 g/mol. The van der Waals surface area contributed by atoms with Crippen LogP contribution in [0.2, 0.25) is 0 Å². The van der Waals surface area contributed by atoms with E-state index in [0.29, 0.717) is 0 Å². The number of aryl methyl sites for hydroxylation is 1. The van der Waals surface area contributed by atoms with Crippen LogP contribution in [0.5, 0.6) is 0 Å². The Morgan fingerprint density at radius 3 is 2.80 bits per heavy atom. The summed E-state index contributed by atoms with van der Waals surface area (Å²) >= 11 is 0. The maximum Gasteiger partial charge on any atom is 0.282 e. The molecule has 0 amide bonds. The standard InChI is InChI=1S/C8H8F2N4O/c1-14-3-4(7(12-14)8(9)10)5-2-6(11)13-15-5/h2-3,8H,1H3,(H2,11,13). The van der Waals surface area contributed by atoms with Crippen LogP contribution < -0.4 is 5.73 Å². The number of aromatic nitrogens is 3. The van der Waals surface area contributed by atoms with Gasteiger partial charge in [0.2, 0.25) is 0 Å². The fourth-order valence-corrected chi connectivity index (χ4v) is 1.27. The minimum Gasteiger partial charge on any atom is -0.381 e. The highest BCUT2D eigenvalue weighted by Crippen LogP contribution is 2.30. The predicted octanol–water partition coefficient (Wildman–Crippen LogP) is 1.59. The first-order valence-corrected chi connectivity index (χ1v) is 4.12. The topological polar surface area (TPSA) is 69.9 Å². The van der Waals surface area contributed by atoms with E-state index >= 15 is 0 Å². The molecule has 0 atom stereocenters. The van der Waals surface area contributed by atoms with E-state index in [2.05, 4.69) is 10.3 Å². The molecule has 0 saturated heterocycles. The van der Waals surface area contributed by atoms with Crippen molar-refractivity contribution < 1.29 is 13.3 Å². The van der Waals surface area contributed by atoms with Gasteiger partial charge in [0.15, 0.2) is 11.6 Å². The molecular weight excluding hydrogens is 206 g/mol. The summed E-state index contributed by atoms with van der Waals surface area (Å²) in [5, 5.41) is 7.06. The SMILES string of the molecule is Cn1cc(-c2cc(N)no2)c(C(F)F)n1. The zero-order valence-electron chi connectivity index (χ0n) is 7.82. The third-order valence-electron chi connectivity index (χ3n) is 1.86. The number of alkyl halides is 2. The van der Waals surface area contributed by atoms with Crippen molar-refractivity contribution in [1.82, 2.24) is 14.9 Å². The summed E-state index contributed by atoms with van der Waals surface area (Å²) in [5.74, 6) is 0.338. The minimum atomic E-state index is -2.66. The Morgan fingerprint density at radius 2 is 2.27 bits per heavy atom. The normalized spacial score (nSPS) is 11.2. The van der Waals surface area contributed by atoms with Crippen LogP contribution in [0.4, 0.5) is 14.6 Å². The highest BCUT2D eigenvalue weighted by atomic mass is 19.3. The molecule has 0 unspecified atom stereocenters. The van der Waals surface area contributed by atoms with E-state index in [1.807, 2.05) is 0 Å². The fourth-order valence-electron chi connectivity index (χ4n) is 1.27. The molecule has 15 heavy (non-hydrogen) atoms. The van der Waals surface area contributed by atoms with Crippen LogP contribution in [0.15, 0.2) is 16.8 Å². The van der Waals surface area contributed by atoms with Gasteiger partial charge in [0.25, 0.3) is 6.43 Å². The molecular formula is C8H8F2N4O. The predicted molar refractivity (Wildman–Crippen MR) is 48.1 cm³/mol. The quantitative estimate of drug-likeness (QED) is 0.824. The summed E-state index contributed by atoms with van der Waals surface area (Å²) in [6.45, 7) is 0. The summed E-state index contributed by atoms with van der Waals surface area (Å²) < 4.78 is 31.2. The van der Waals surface area contributed by atoms with Crippen molar-refractivity contribution in [3.63, 3.8) is 0 Å². The molecule has 0 aliphatic carbocycles. The van der Waals surface area contributed by atoms with Gasteiger partial charge in [-0.15, -0.1) is 0 Å². The average molecular weight is 214 g/mol. The van der Waals surface area contributed by atoms with Crippen molar-refractivity contribution in [3.8, 4) is 11.3 Å². The highest BCUT2D eigenvalue weighted by Gasteiger charge is 2.21. The van der Waals surface area contributed by atoms with E-state index in [-0.39, 0.29) is 22.8 Å². The number of anilines is 1. The van der Waals surface area contributed by atoms with Gasteiger partial charge in [-0.25, -0.2) is 8.78 Å². The zero-order valence-corrected chi connectivity index (χ0v) is 7.82. The Labute approximate surface area is 83.5 Å². The Balaban J connectivity index is 2.52. The number of nitrogen functional groups attached to an aromatic ring is 1. The maximum atomic E-state index is 12.6. The molecule has 0 aliphatic heterocycles. The van der Waals surface area contributed by atoms with Gasteiger partial charge in [0, 0.05) is 19.3 Å². The summed E-state index contributed by atoms with van der Waals surface area (Å²) in [7, 11) is 1.55. The van der Waals surface area contributed by atoms with Crippen LogP contribution in [-0.4, -0.2) is 14.9 Å². The molecule has 7 heteroatoms. The number of halogens is 2. The number of nitrogens with two attached hydrogens (primary N) is 1. The van der Waals surface area contributed by atoms with Crippen molar-refractivity contribution in [2.75, 3.05) is 5.73 Å². The van der Waals surface area contributed by atoms with E-state index in [1.54, 1.807) is 7.05 Å². The Morgan fingerprint density at radius 1 is 1.53 bits per heavy atom. The van der Waals surface area contributed by atoms with Crippen LogP contribution in [0.1, 0.15) is 12.1 Å². The van der Waals surface area contributed by atoms with E-state index in [9.17, 15) is 8.78 Å². The lowest BCUT2D eigenvalue weighted by Gasteiger charge is -1.94. The fraction of sp³-hybridized carbons (Fsp3) is 0.250. The van der Waals surface area contributed by atoms with Crippen molar-refractivity contribution in [1.29, 1.82) is 0 Å². The first kappa shape index (κ1) is 9.63. The van der Waals surface area contributed by atoms with Gasteiger partial charge < -0.3 is 10.3 Å². The maximum absolute atomic E-state index is 12.6. The second-order valence-corrected chi connectivity index (χ2v) is 3.02. The molecule has 0 spiro atoms. The second-order valence-electron chi connectivity index (χ2n) is 3.02. The number of rotatable bonds is 2. The molecule has 2 aromatic rings. The molecule has 0 fully saturated rings. The minimum absolute atomic E-state index is 0.147. The van der Waals surface area contributed by atoms with Crippen LogP contribution in [-0.2, 0) is 7.05 Å². The van der Waals surface area contributed by atoms with Gasteiger partial charge in [-0.3, -0.25) is 4.68 Å². The average Bonchev–Trinajstić information content (AvgIpc) is 2.71. The second kappa shape index (κ2) is 3.34. The first-order chi connectivity index (χ1) is 7.08. The molecule has 2 N–H and O–H groups in total. The summed E-state index contributed by atoms with van der Waals surface area (Å²) in [4.78, 5) is 0. The van der Waals surface area contributed by atoms with Gasteiger partial charge in [-0.1, -0.05) is 5.16 Å². The number of hydrogen-bond acceptors (Lipinski definition) is 4. The third-order valence-corrected chi connectivity index (χ3v) is 1.86. The number of hydrogen-bond donors (Lipinski definition) is 1. The molecule has 0 aliphatic rings. The van der Waals surface area contributed by atoms with Gasteiger partial charge in [0.05, 0.1) is 5.56 Å². The van der Waals surface area contributed by atoms with Crippen LogP contribution in [0.3, 0.4) is 0 Å². The smallest absolute Gasteiger partial charge is 0.282 e. The summed E-state index contributed by atoms with van der Waals surface area (Å²) in [6.07, 6.45) is -1.23. The molecule has 2 aromatic heterocycles. The largest absolute Gasteiger partial charge is 0.381 e. The molecule has 5 nitrogen and oxygen atoms in total. The lowest BCUT2D eigenvalue weighted by atomic mass is 10.2. The Bertz CT molecular complexity index is 477. The van der Waals surface area contributed by atoms with Crippen molar-refractivity contribution in [3.05, 3.63) is 18.0 Å². The summed E-state index contributed by atoms with van der Waals surface area (Å²) in [6, 6.07) is 1.38. The van der Waals surface area contributed by atoms with Gasteiger partial charge >= 0.3 is 0 Å². The van der Waals surface area contributed by atoms with Crippen LogP contribution in [0.25, 0.3) is 11.3 Å². The van der Waals surface area contributed by atoms with Crippen molar-refractivity contribution in [2.45, 2.75) is 6.43 Å². The van der Waals surface area contributed by atoms with Gasteiger partial charge in [-0.2, -0.15) is 5.10 Å². The Kier molecular flexibility index (Phi) is 2.14. The van der Waals surface area contributed by atoms with Gasteiger partial charge in [-0.05, 0) is 0 Å². The van der Waals surface area contributed by atoms with Gasteiger partial charge in [0.1, 0.15) is 5.69 Å². The Hall–Kier alpha value is -1.92. The van der Waals surface area contributed by atoms with Crippen LogP contribution in [0, 0.1) is 0 Å². The zero-order chi connectivity index (χ0) is 11.0. The molecule has 0 bridgehead atoms. The molecule has 0 saturated carbocycles. The highest BCUT2D eigenvalue weighted by molar-refractivity contribution is 5.62. The first-order valence-electron chi connectivity index (χ1n) is 4.12. The molecule has 0 radical (unpaired) electrons. The van der Waals surface area contributed by atoms with E-state index in [0.717, 1.165) is 0 Å². The van der Waals surface area contributed by atoms with Crippen LogP contribution >= 0.6 is 0 Å². The van der Waals surface area contributed by atoms with E-state index in [4.69, 9.17) is 10.3 Å². The molecule has 2 heterocycles. The molecule has 80 valence electrons. The third kappa shape index (κ3) is 1.67. The van der Waals surface area contributed by atoms with E-state index in [1.165, 1.54) is 16.9 Å². The number of nitrogens with zero attached hydrogens (tertiary/aromatic N) is 3. The molecule has 2 rings (SSSR count).